The van der Waals surface area contributed by atoms with Gasteiger partial charge < -0.3 is 14.2 Å². The van der Waals surface area contributed by atoms with E-state index in [2.05, 4.69) is 142 Å². The van der Waals surface area contributed by atoms with E-state index >= 15 is 0 Å². The first-order valence-corrected chi connectivity index (χ1v) is 26.1. The number of unbranched alkanes of at least 4 members (excludes halogenated alkanes) is 15. The van der Waals surface area contributed by atoms with Crippen LogP contribution in [0.15, 0.2) is 122 Å². The van der Waals surface area contributed by atoms with Crippen LogP contribution in [0.5, 0.6) is 0 Å². The van der Waals surface area contributed by atoms with Crippen LogP contribution in [-0.4, -0.2) is 37.9 Å². The summed E-state index contributed by atoms with van der Waals surface area (Å²) in [5.74, 6) is -0.509. The predicted molar refractivity (Wildman–Crippen MR) is 279 cm³/mol. The lowest BCUT2D eigenvalue weighted by Gasteiger charge is -2.18. The Bertz CT molecular complexity index is 1320. The smallest absolute Gasteiger partial charge is 0.306 e. The van der Waals surface area contributed by atoms with Gasteiger partial charge >= 0.3 is 11.9 Å². The largest absolute Gasteiger partial charge is 0.462 e. The van der Waals surface area contributed by atoms with E-state index in [4.69, 9.17) is 14.2 Å². The second-order valence-corrected chi connectivity index (χ2v) is 16.7. The molecule has 0 fully saturated rings. The first kappa shape index (κ1) is 60.3. The molecule has 0 aromatic heterocycles. The summed E-state index contributed by atoms with van der Waals surface area (Å²) in [6, 6.07) is 0. The highest BCUT2D eigenvalue weighted by molar-refractivity contribution is 5.70. The molecule has 0 heterocycles. The lowest BCUT2D eigenvalue weighted by atomic mass is 10.1. The summed E-state index contributed by atoms with van der Waals surface area (Å²) in [6.45, 7) is 7.46. The fraction of sp³-hybridized carbons (Fsp3) is 0.627. The minimum absolute atomic E-state index is 0.0341. The topological polar surface area (TPSA) is 61.8 Å². The number of esters is 2. The summed E-state index contributed by atoms with van der Waals surface area (Å²) >= 11 is 0. The lowest BCUT2D eigenvalue weighted by Crippen LogP contribution is -2.30. The second kappa shape index (κ2) is 53.6. The Morgan fingerprint density at radius 2 is 0.719 bits per heavy atom. The molecule has 0 aliphatic carbocycles. The third kappa shape index (κ3) is 50.9. The van der Waals surface area contributed by atoms with Gasteiger partial charge in [0.15, 0.2) is 6.10 Å². The molecule has 0 radical (unpaired) electrons. The molecule has 64 heavy (non-hydrogen) atoms. The van der Waals surface area contributed by atoms with Gasteiger partial charge in [-0.1, -0.05) is 200 Å². The summed E-state index contributed by atoms with van der Waals surface area (Å²) in [5, 5.41) is 0. The van der Waals surface area contributed by atoms with Crippen molar-refractivity contribution in [3.05, 3.63) is 122 Å². The molecule has 0 aliphatic heterocycles. The van der Waals surface area contributed by atoms with Crippen molar-refractivity contribution in [2.24, 2.45) is 0 Å². The Kier molecular flexibility index (Phi) is 50.5. The zero-order valence-electron chi connectivity index (χ0n) is 41.5. The number of rotatable bonds is 46. The highest BCUT2D eigenvalue weighted by Gasteiger charge is 2.17. The molecule has 0 aliphatic rings. The summed E-state index contributed by atoms with van der Waals surface area (Å²) in [7, 11) is 0. The van der Waals surface area contributed by atoms with Gasteiger partial charge in [-0.05, 0) is 122 Å². The van der Waals surface area contributed by atoms with Crippen LogP contribution in [0, 0.1) is 0 Å². The van der Waals surface area contributed by atoms with Gasteiger partial charge in [0.1, 0.15) is 6.61 Å². The fourth-order valence-corrected chi connectivity index (χ4v) is 6.65. The molecule has 5 heteroatoms. The van der Waals surface area contributed by atoms with Crippen LogP contribution >= 0.6 is 0 Å². The normalized spacial score (nSPS) is 13.2. The Balaban J connectivity index is 4.42. The molecule has 0 saturated carbocycles. The summed E-state index contributed by atoms with van der Waals surface area (Å²) in [5.41, 5.74) is 0. The number of hydrogen-bond acceptors (Lipinski definition) is 5. The van der Waals surface area contributed by atoms with Crippen molar-refractivity contribution in [2.45, 2.75) is 219 Å². The van der Waals surface area contributed by atoms with E-state index in [1.54, 1.807) is 0 Å². The maximum atomic E-state index is 12.8. The van der Waals surface area contributed by atoms with Crippen LogP contribution in [0.1, 0.15) is 213 Å². The van der Waals surface area contributed by atoms with E-state index in [-0.39, 0.29) is 25.2 Å². The van der Waals surface area contributed by atoms with Gasteiger partial charge in [-0.25, -0.2) is 0 Å². The maximum absolute atomic E-state index is 12.8. The number of hydrogen-bond donors (Lipinski definition) is 0. The summed E-state index contributed by atoms with van der Waals surface area (Å²) in [4.78, 5) is 25.4. The molecule has 1 unspecified atom stereocenters. The van der Waals surface area contributed by atoms with Gasteiger partial charge in [-0.2, -0.15) is 0 Å². The number of carbonyl (C=O) groups excluding carboxylic acids is 2. The van der Waals surface area contributed by atoms with Gasteiger partial charge in [0, 0.05) is 19.4 Å². The highest BCUT2D eigenvalue weighted by atomic mass is 16.6. The van der Waals surface area contributed by atoms with Crippen molar-refractivity contribution in [1.82, 2.24) is 0 Å². The molecular formula is C59H96O5. The molecule has 0 N–H and O–H groups in total. The van der Waals surface area contributed by atoms with Crippen LogP contribution < -0.4 is 0 Å². The first-order valence-electron chi connectivity index (χ1n) is 26.1. The SMILES string of the molecule is CC/C=C\C/C=C\C/C=C\C/C=C\C/C=C\CCCC(=O)OCC(COCCCCCCCCCC/C=C\C/C=C\CCCCC)OC(=O)CCCCC/C=C\C/C=C\C/C=C\CC. The maximum Gasteiger partial charge on any atom is 0.306 e. The predicted octanol–water partition coefficient (Wildman–Crippen LogP) is 17.8. The summed E-state index contributed by atoms with van der Waals surface area (Å²) in [6.07, 6.45) is 75.0. The fourth-order valence-electron chi connectivity index (χ4n) is 6.65. The van der Waals surface area contributed by atoms with Crippen LogP contribution in [0.4, 0.5) is 0 Å². The molecule has 0 aromatic carbocycles. The summed E-state index contributed by atoms with van der Waals surface area (Å²) < 4.78 is 17.3. The minimum Gasteiger partial charge on any atom is -0.462 e. The molecule has 0 aromatic rings. The number of carbonyl (C=O) groups is 2. The quantitative estimate of drug-likeness (QED) is 0.0346. The molecule has 0 saturated heterocycles. The van der Waals surface area contributed by atoms with Crippen molar-refractivity contribution in [2.75, 3.05) is 19.8 Å². The zero-order valence-corrected chi connectivity index (χ0v) is 41.5. The average molecular weight is 885 g/mol. The van der Waals surface area contributed by atoms with Crippen LogP contribution in [0.2, 0.25) is 0 Å². The third-order valence-corrected chi connectivity index (χ3v) is 10.5. The number of allylic oxidation sites excluding steroid dienone is 20. The van der Waals surface area contributed by atoms with Crippen molar-refractivity contribution in [1.29, 1.82) is 0 Å². The highest BCUT2D eigenvalue weighted by Crippen LogP contribution is 2.12. The standard InChI is InChI=1S/C59H96O5/c1-4-7-10-13-16-19-22-25-27-29-31-33-36-39-42-45-48-51-54-62-55-57(64-59(61)53-50-47-44-41-38-34-24-21-18-15-12-9-6-3)56-63-58(60)52-49-46-43-40-37-35-32-30-28-26-23-20-17-14-11-8-5-2/h8-9,11-12,16-21,25-28,32,34-35,38,40,43,57H,4-7,10,13-15,22-24,29-31,33,36-37,39,41-42,44-56H2,1-3H3/b11-8-,12-9-,19-16-,20-17-,21-18-,27-25-,28-26-,35-32-,38-34-,43-40-. The van der Waals surface area contributed by atoms with E-state index in [0.717, 1.165) is 109 Å². The Hall–Kier alpha value is -3.70. The third-order valence-electron chi connectivity index (χ3n) is 10.5. The Morgan fingerprint density at radius 1 is 0.359 bits per heavy atom. The Morgan fingerprint density at radius 3 is 1.17 bits per heavy atom. The minimum atomic E-state index is -0.585. The van der Waals surface area contributed by atoms with Gasteiger partial charge in [-0.3, -0.25) is 9.59 Å². The van der Waals surface area contributed by atoms with Crippen LogP contribution in [0.25, 0.3) is 0 Å². The van der Waals surface area contributed by atoms with Crippen molar-refractivity contribution < 1.29 is 23.8 Å². The van der Waals surface area contributed by atoms with E-state index in [9.17, 15) is 9.59 Å². The second-order valence-electron chi connectivity index (χ2n) is 16.7. The zero-order chi connectivity index (χ0) is 46.3. The van der Waals surface area contributed by atoms with Gasteiger partial charge in [-0.15, -0.1) is 0 Å². The molecule has 362 valence electrons. The molecule has 0 bridgehead atoms. The van der Waals surface area contributed by atoms with Gasteiger partial charge in [0.25, 0.3) is 0 Å². The molecule has 1 atom stereocenters. The van der Waals surface area contributed by atoms with Gasteiger partial charge in [0.2, 0.25) is 0 Å². The van der Waals surface area contributed by atoms with Crippen molar-refractivity contribution in [3.8, 4) is 0 Å². The van der Waals surface area contributed by atoms with Crippen LogP contribution in [-0.2, 0) is 23.8 Å². The molecule has 0 rings (SSSR count). The van der Waals surface area contributed by atoms with Crippen molar-refractivity contribution in [3.63, 3.8) is 0 Å². The average Bonchev–Trinajstić information content (AvgIpc) is 3.30. The van der Waals surface area contributed by atoms with E-state index in [1.165, 1.54) is 70.6 Å². The van der Waals surface area contributed by atoms with E-state index < -0.39 is 6.10 Å². The lowest BCUT2D eigenvalue weighted by molar-refractivity contribution is -0.163. The number of ether oxygens (including phenoxy) is 3. The van der Waals surface area contributed by atoms with Crippen LogP contribution in [0.3, 0.4) is 0 Å². The monoisotopic (exact) mass is 885 g/mol. The van der Waals surface area contributed by atoms with E-state index in [0.29, 0.717) is 19.4 Å². The molecule has 0 spiro atoms. The van der Waals surface area contributed by atoms with Gasteiger partial charge in [0.05, 0.1) is 6.61 Å². The molecule has 5 nitrogen and oxygen atoms in total. The molecule has 0 amide bonds. The molecular weight excluding hydrogens is 789 g/mol. The Labute approximate surface area is 395 Å². The van der Waals surface area contributed by atoms with Crippen molar-refractivity contribution >= 4 is 11.9 Å². The first-order chi connectivity index (χ1) is 31.6. The van der Waals surface area contributed by atoms with E-state index in [1.807, 2.05) is 0 Å².